The van der Waals surface area contributed by atoms with E-state index in [1.54, 1.807) is 60.7 Å². The highest BCUT2D eigenvalue weighted by molar-refractivity contribution is 8.08. The summed E-state index contributed by atoms with van der Waals surface area (Å²) in [5.41, 5.74) is 0.782. The van der Waals surface area contributed by atoms with Crippen LogP contribution in [0.1, 0.15) is 20.7 Å². The van der Waals surface area contributed by atoms with E-state index in [-0.39, 0.29) is 17.4 Å². The molecule has 0 N–H and O–H groups in total. The highest BCUT2D eigenvalue weighted by atomic mass is 35.5. The van der Waals surface area contributed by atoms with Crippen LogP contribution in [0, 0.1) is 5.82 Å². The SMILES string of the molecule is O=C1C(Sc2ccc(F)cc2)=C(Sc2ccc(Cl)cc2)C(=O)c2ccccc21. The Hall–Kier alpha value is -2.34. The van der Waals surface area contributed by atoms with Crippen molar-refractivity contribution in [1.29, 1.82) is 0 Å². The van der Waals surface area contributed by atoms with Gasteiger partial charge in [-0.3, -0.25) is 9.59 Å². The molecule has 6 heteroatoms. The number of allylic oxidation sites excluding steroid dienone is 2. The lowest BCUT2D eigenvalue weighted by atomic mass is 9.94. The second-order valence-electron chi connectivity index (χ2n) is 5.97. The first-order valence-electron chi connectivity index (χ1n) is 8.32. The third kappa shape index (κ3) is 3.78. The molecule has 0 fully saturated rings. The number of fused-ring (bicyclic) bond motifs is 1. The fourth-order valence-electron chi connectivity index (χ4n) is 2.76. The molecule has 0 saturated heterocycles. The Labute approximate surface area is 174 Å². The number of halogens is 2. The molecule has 3 aromatic carbocycles. The first-order chi connectivity index (χ1) is 13.5. The third-order valence-corrected chi connectivity index (χ3v) is 6.69. The Kier molecular flexibility index (Phi) is 5.40. The van der Waals surface area contributed by atoms with Crippen LogP contribution in [0.2, 0.25) is 5.02 Å². The van der Waals surface area contributed by atoms with Gasteiger partial charge < -0.3 is 0 Å². The van der Waals surface area contributed by atoms with Gasteiger partial charge in [-0.1, -0.05) is 59.4 Å². The van der Waals surface area contributed by atoms with Crippen LogP contribution < -0.4 is 0 Å². The Balaban J connectivity index is 1.80. The molecule has 0 aliphatic heterocycles. The summed E-state index contributed by atoms with van der Waals surface area (Å²) in [6.45, 7) is 0. The zero-order chi connectivity index (χ0) is 19.7. The van der Waals surface area contributed by atoms with Crippen LogP contribution in [0.4, 0.5) is 4.39 Å². The highest BCUT2D eigenvalue weighted by Gasteiger charge is 2.33. The largest absolute Gasteiger partial charge is 0.288 e. The molecule has 138 valence electrons. The maximum atomic E-state index is 13.2. The van der Waals surface area contributed by atoms with Crippen LogP contribution in [0.25, 0.3) is 0 Å². The van der Waals surface area contributed by atoms with E-state index in [0.717, 1.165) is 4.90 Å². The summed E-state index contributed by atoms with van der Waals surface area (Å²) < 4.78 is 13.2. The van der Waals surface area contributed by atoms with Crippen LogP contribution in [0.3, 0.4) is 0 Å². The standard InChI is InChI=1S/C22H12ClFO2S2/c23-13-5-9-15(10-6-13)27-21-19(25)17-3-1-2-4-18(17)20(26)22(21)28-16-11-7-14(24)8-12-16/h1-12H. The number of carbonyl (C=O) groups excluding carboxylic acids is 2. The maximum absolute atomic E-state index is 13.2. The number of benzene rings is 3. The molecule has 0 radical (unpaired) electrons. The lowest BCUT2D eigenvalue weighted by molar-refractivity contribution is 0.0988. The number of hydrogen-bond donors (Lipinski definition) is 0. The van der Waals surface area contributed by atoms with Gasteiger partial charge in [-0.15, -0.1) is 0 Å². The fourth-order valence-corrected chi connectivity index (χ4v) is 4.92. The molecule has 3 aromatic rings. The smallest absolute Gasteiger partial charge is 0.201 e. The average molecular weight is 427 g/mol. The maximum Gasteiger partial charge on any atom is 0.201 e. The second-order valence-corrected chi connectivity index (χ2v) is 8.58. The normalized spacial score (nSPS) is 13.6. The minimum atomic E-state index is -0.356. The van der Waals surface area contributed by atoms with Gasteiger partial charge in [-0.2, -0.15) is 0 Å². The average Bonchev–Trinajstić information content (AvgIpc) is 2.71. The third-order valence-electron chi connectivity index (χ3n) is 4.10. The molecule has 0 atom stereocenters. The van der Waals surface area contributed by atoms with Crippen molar-refractivity contribution in [2.24, 2.45) is 0 Å². The number of rotatable bonds is 4. The molecule has 0 amide bonds. The van der Waals surface area contributed by atoms with Crippen molar-refractivity contribution in [2.45, 2.75) is 9.79 Å². The van der Waals surface area contributed by atoms with Crippen molar-refractivity contribution in [3.8, 4) is 0 Å². The van der Waals surface area contributed by atoms with Crippen LogP contribution in [0.15, 0.2) is 92.4 Å². The van der Waals surface area contributed by atoms with Gasteiger partial charge in [0.05, 0.1) is 9.81 Å². The highest BCUT2D eigenvalue weighted by Crippen LogP contribution is 2.43. The lowest BCUT2D eigenvalue weighted by Gasteiger charge is -2.20. The number of carbonyl (C=O) groups is 2. The molecular weight excluding hydrogens is 415 g/mol. The summed E-state index contributed by atoms with van der Waals surface area (Å²) in [7, 11) is 0. The minimum absolute atomic E-state index is 0.195. The Morgan fingerprint density at radius 2 is 1.07 bits per heavy atom. The Morgan fingerprint density at radius 1 is 0.643 bits per heavy atom. The number of Topliss-reactive ketones (excluding diaryl/α,β-unsaturated/α-hetero) is 2. The van der Waals surface area contributed by atoms with Gasteiger partial charge in [0.1, 0.15) is 5.82 Å². The van der Waals surface area contributed by atoms with Crippen molar-refractivity contribution >= 4 is 46.7 Å². The summed E-state index contributed by atoms with van der Waals surface area (Å²) >= 11 is 8.35. The molecule has 4 rings (SSSR count). The number of hydrogen-bond acceptors (Lipinski definition) is 4. The van der Waals surface area contributed by atoms with Gasteiger partial charge >= 0.3 is 0 Å². The first-order valence-corrected chi connectivity index (χ1v) is 10.3. The van der Waals surface area contributed by atoms with E-state index in [2.05, 4.69) is 0 Å². The molecule has 0 spiro atoms. The summed E-state index contributed by atoms with van der Waals surface area (Å²) in [4.78, 5) is 28.5. The van der Waals surface area contributed by atoms with Gasteiger partial charge in [0.25, 0.3) is 0 Å². The van der Waals surface area contributed by atoms with Gasteiger partial charge in [-0.25, -0.2) is 4.39 Å². The van der Waals surface area contributed by atoms with Gasteiger partial charge in [-0.05, 0) is 48.5 Å². The lowest BCUT2D eigenvalue weighted by Crippen LogP contribution is -2.19. The van der Waals surface area contributed by atoms with E-state index in [4.69, 9.17) is 11.6 Å². The molecule has 0 heterocycles. The fraction of sp³-hybridized carbons (Fsp3) is 0. The zero-order valence-electron chi connectivity index (χ0n) is 14.3. The van der Waals surface area contributed by atoms with Crippen molar-refractivity contribution in [2.75, 3.05) is 0 Å². The Bertz CT molecular complexity index is 1020. The van der Waals surface area contributed by atoms with Gasteiger partial charge in [0.15, 0.2) is 0 Å². The molecule has 2 nitrogen and oxygen atoms in total. The number of ketones is 2. The van der Waals surface area contributed by atoms with Gasteiger partial charge in [0.2, 0.25) is 11.6 Å². The molecule has 0 unspecified atom stereocenters. The topological polar surface area (TPSA) is 34.1 Å². The van der Waals surface area contributed by atoms with Crippen molar-refractivity contribution in [3.63, 3.8) is 0 Å². The van der Waals surface area contributed by atoms with E-state index >= 15 is 0 Å². The summed E-state index contributed by atoms with van der Waals surface area (Å²) in [5.74, 6) is -0.758. The monoisotopic (exact) mass is 426 g/mol. The van der Waals surface area contributed by atoms with E-state index in [1.807, 2.05) is 0 Å². The predicted molar refractivity (Wildman–Crippen MR) is 112 cm³/mol. The van der Waals surface area contributed by atoms with E-state index in [0.29, 0.717) is 30.9 Å². The van der Waals surface area contributed by atoms with Gasteiger partial charge in [0, 0.05) is 25.9 Å². The Morgan fingerprint density at radius 3 is 1.54 bits per heavy atom. The predicted octanol–water partition coefficient (Wildman–Crippen LogP) is 6.65. The second kappa shape index (κ2) is 7.95. The van der Waals surface area contributed by atoms with Crippen LogP contribution in [-0.2, 0) is 0 Å². The van der Waals surface area contributed by atoms with E-state index in [1.165, 1.54) is 35.7 Å². The number of thioether (sulfide) groups is 2. The van der Waals surface area contributed by atoms with Crippen molar-refractivity contribution in [3.05, 3.63) is 105 Å². The minimum Gasteiger partial charge on any atom is -0.288 e. The zero-order valence-corrected chi connectivity index (χ0v) is 16.7. The molecule has 28 heavy (non-hydrogen) atoms. The van der Waals surface area contributed by atoms with E-state index < -0.39 is 0 Å². The summed E-state index contributed by atoms with van der Waals surface area (Å²) in [6.07, 6.45) is 0. The van der Waals surface area contributed by atoms with Crippen molar-refractivity contribution in [1.82, 2.24) is 0 Å². The summed E-state index contributed by atoms with van der Waals surface area (Å²) in [6, 6.07) is 19.7. The quantitative estimate of drug-likeness (QED) is 0.467. The molecule has 0 saturated carbocycles. The molecule has 0 aromatic heterocycles. The van der Waals surface area contributed by atoms with Crippen LogP contribution in [-0.4, -0.2) is 11.6 Å². The van der Waals surface area contributed by atoms with E-state index in [9.17, 15) is 14.0 Å². The molecule has 0 bridgehead atoms. The van der Waals surface area contributed by atoms with Crippen molar-refractivity contribution < 1.29 is 14.0 Å². The molecular formula is C22H12ClFO2S2. The molecule has 1 aliphatic carbocycles. The first kappa shape index (κ1) is 19.0. The van der Waals surface area contributed by atoms with Crippen LogP contribution in [0.5, 0.6) is 0 Å². The molecule has 1 aliphatic rings. The van der Waals surface area contributed by atoms with Crippen LogP contribution >= 0.6 is 35.1 Å². The summed E-state index contributed by atoms with van der Waals surface area (Å²) in [5, 5.41) is 0.593.